The van der Waals surface area contributed by atoms with Crippen molar-refractivity contribution < 1.29 is 4.79 Å². The van der Waals surface area contributed by atoms with Gasteiger partial charge >= 0.3 is 0 Å². The van der Waals surface area contributed by atoms with Gasteiger partial charge in [-0.2, -0.15) is 0 Å². The Balaban J connectivity index is 0.00000200. The Hall–Kier alpha value is -0.770. The zero-order valence-electron chi connectivity index (χ0n) is 11.9. The van der Waals surface area contributed by atoms with Gasteiger partial charge in [-0.3, -0.25) is 4.79 Å². The van der Waals surface area contributed by atoms with Crippen molar-refractivity contribution in [2.75, 3.05) is 11.9 Å². The number of aryl methyl sites for hydroxylation is 1. The highest BCUT2D eigenvalue weighted by Crippen LogP contribution is 2.29. The lowest BCUT2D eigenvalue weighted by molar-refractivity contribution is -0.119. The summed E-state index contributed by atoms with van der Waals surface area (Å²) in [6.07, 6.45) is 3.77. The van der Waals surface area contributed by atoms with Crippen LogP contribution in [0.1, 0.15) is 31.2 Å². The summed E-state index contributed by atoms with van der Waals surface area (Å²) in [5.74, 6) is 0.443. The van der Waals surface area contributed by atoms with E-state index in [0.717, 1.165) is 30.5 Å². The number of nitrogens with two attached hydrogens (primary N) is 1. The third-order valence-corrected chi connectivity index (χ3v) is 4.48. The number of anilines is 1. The third-order valence-electron chi connectivity index (χ3n) is 4.07. The van der Waals surface area contributed by atoms with Crippen LogP contribution in [-0.4, -0.2) is 19.0 Å². The molecule has 1 aromatic carbocycles. The Kier molecular flexibility index (Phi) is 6.31. The molecule has 0 spiro atoms. The Labute approximate surface area is 131 Å². The molecule has 0 heterocycles. The normalized spacial score (nSPS) is 21.4. The predicted molar refractivity (Wildman–Crippen MR) is 86.8 cm³/mol. The van der Waals surface area contributed by atoms with Gasteiger partial charge in [-0.15, -0.1) is 12.4 Å². The fraction of sp³-hybridized carbons (Fsp3) is 0.533. The topological polar surface area (TPSA) is 46.3 Å². The van der Waals surface area contributed by atoms with E-state index < -0.39 is 0 Å². The highest BCUT2D eigenvalue weighted by atomic mass is 35.5. The molecule has 20 heavy (non-hydrogen) atoms. The van der Waals surface area contributed by atoms with E-state index in [4.69, 9.17) is 17.3 Å². The number of rotatable bonds is 3. The van der Waals surface area contributed by atoms with E-state index in [1.807, 2.05) is 25.1 Å². The zero-order chi connectivity index (χ0) is 14.0. The predicted octanol–water partition coefficient (Wildman–Crippen LogP) is 3.55. The summed E-state index contributed by atoms with van der Waals surface area (Å²) >= 11 is 6.10. The van der Waals surface area contributed by atoms with E-state index in [1.54, 1.807) is 11.9 Å². The van der Waals surface area contributed by atoms with E-state index in [1.165, 1.54) is 0 Å². The monoisotopic (exact) mass is 316 g/mol. The molecule has 0 radical (unpaired) electrons. The van der Waals surface area contributed by atoms with E-state index in [0.29, 0.717) is 17.4 Å². The Bertz CT molecular complexity index is 479. The molecule has 5 heteroatoms. The number of amides is 1. The summed E-state index contributed by atoms with van der Waals surface area (Å²) in [5, 5.41) is 0.690. The van der Waals surface area contributed by atoms with Gasteiger partial charge in [0.15, 0.2) is 0 Å². The van der Waals surface area contributed by atoms with Gasteiger partial charge in [-0.25, -0.2) is 0 Å². The molecule has 2 rings (SSSR count). The SMILES string of the molecule is Cc1ccc(N(C)C(=O)C[C@@H]2CCC[C@H]2N)cc1Cl.Cl. The van der Waals surface area contributed by atoms with Gasteiger partial charge < -0.3 is 10.6 Å². The Morgan fingerprint density at radius 3 is 2.70 bits per heavy atom. The van der Waals surface area contributed by atoms with E-state index in [9.17, 15) is 4.79 Å². The molecule has 2 N–H and O–H groups in total. The van der Waals surface area contributed by atoms with Gasteiger partial charge in [0.05, 0.1) is 0 Å². The summed E-state index contributed by atoms with van der Waals surface area (Å²) in [6, 6.07) is 5.87. The van der Waals surface area contributed by atoms with Gasteiger partial charge in [0.1, 0.15) is 0 Å². The lowest BCUT2D eigenvalue weighted by Crippen LogP contribution is -2.32. The van der Waals surface area contributed by atoms with Crippen LogP contribution < -0.4 is 10.6 Å². The minimum absolute atomic E-state index is 0. The van der Waals surface area contributed by atoms with Crippen LogP contribution in [0.25, 0.3) is 0 Å². The molecule has 1 fully saturated rings. The maximum atomic E-state index is 12.3. The van der Waals surface area contributed by atoms with Crippen molar-refractivity contribution in [1.29, 1.82) is 0 Å². The van der Waals surface area contributed by atoms with Crippen LogP contribution in [0.3, 0.4) is 0 Å². The number of hydrogen-bond acceptors (Lipinski definition) is 2. The summed E-state index contributed by atoms with van der Waals surface area (Å²) in [4.78, 5) is 13.9. The Morgan fingerprint density at radius 2 is 2.15 bits per heavy atom. The van der Waals surface area contributed by atoms with Gasteiger partial charge in [0, 0.05) is 30.2 Å². The van der Waals surface area contributed by atoms with Gasteiger partial charge in [0.25, 0.3) is 0 Å². The van der Waals surface area contributed by atoms with Gasteiger partial charge in [-0.1, -0.05) is 24.1 Å². The Morgan fingerprint density at radius 1 is 1.45 bits per heavy atom. The molecule has 1 aliphatic rings. The van der Waals surface area contributed by atoms with Crippen LogP contribution >= 0.6 is 24.0 Å². The molecule has 0 unspecified atom stereocenters. The number of nitrogens with zero attached hydrogens (tertiary/aromatic N) is 1. The van der Waals surface area contributed by atoms with Gasteiger partial charge in [0.2, 0.25) is 5.91 Å². The minimum atomic E-state index is 0. The molecule has 1 saturated carbocycles. The maximum Gasteiger partial charge on any atom is 0.227 e. The smallest absolute Gasteiger partial charge is 0.227 e. The number of carbonyl (C=O) groups excluding carboxylic acids is 1. The fourth-order valence-corrected chi connectivity index (χ4v) is 2.79. The number of halogens is 2. The van der Waals surface area contributed by atoms with Crippen LogP contribution in [0.5, 0.6) is 0 Å². The summed E-state index contributed by atoms with van der Waals surface area (Å²) in [7, 11) is 1.80. The first kappa shape index (κ1) is 17.3. The molecule has 2 atom stereocenters. The lowest BCUT2D eigenvalue weighted by atomic mass is 9.99. The van der Waals surface area contributed by atoms with Crippen LogP contribution in [0, 0.1) is 12.8 Å². The molecule has 0 aromatic heterocycles. The van der Waals surface area contributed by atoms with Crippen molar-refractivity contribution in [2.24, 2.45) is 11.7 Å². The van der Waals surface area contributed by atoms with Crippen LogP contribution in [-0.2, 0) is 4.79 Å². The lowest BCUT2D eigenvalue weighted by Gasteiger charge is -2.21. The van der Waals surface area contributed by atoms with E-state index in [2.05, 4.69) is 0 Å². The first-order valence-electron chi connectivity index (χ1n) is 6.77. The van der Waals surface area contributed by atoms with E-state index >= 15 is 0 Å². The molecular formula is C15H22Cl2N2O. The number of carbonyl (C=O) groups is 1. The number of hydrogen-bond donors (Lipinski definition) is 1. The molecule has 0 saturated heterocycles. The largest absolute Gasteiger partial charge is 0.327 e. The fourth-order valence-electron chi connectivity index (χ4n) is 2.61. The summed E-state index contributed by atoms with van der Waals surface area (Å²) in [6.45, 7) is 1.95. The maximum absolute atomic E-state index is 12.3. The average Bonchev–Trinajstić information content (AvgIpc) is 2.77. The summed E-state index contributed by atoms with van der Waals surface area (Å²) < 4.78 is 0. The molecule has 0 aliphatic heterocycles. The molecule has 3 nitrogen and oxygen atoms in total. The molecule has 1 aromatic rings. The highest BCUT2D eigenvalue weighted by molar-refractivity contribution is 6.31. The highest BCUT2D eigenvalue weighted by Gasteiger charge is 2.27. The quantitative estimate of drug-likeness (QED) is 0.926. The molecule has 1 amide bonds. The molecule has 1 aliphatic carbocycles. The van der Waals surface area contributed by atoms with Crippen molar-refractivity contribution in [3.8, 4) is 0 Å². The van der Waals surface area contributed by atoms with Crippen LogP contribution in [0.15, 0.2) is 18.2 Å². The first-order chi connectivity index (χ1) is 8.99. The number of benzene rings is 1. The standard InChI is InChI=1S/C15H21ClN2O.ClH/c1-10-6-7-12(9-13(10)16)18(2)15(19)8-11-4-3-5-14(11)17;/h6-7,9,11,14H,3-5,8,17H2,1-2H3;1H/t11-,14+;/m0./s1. The third kappa shape index (κ3) is 3.87. The first-order valence-corrected chi connectivity index (χ1v) is 7.15. The molecule has 0 bridgehead atoms. The second-order valence-corrected chi connectivity index (χ2v) is 5.85. The van der Waals surface area contributed by atoms with Crippen molar-refractivity contribution in [3.63, 3.8) is 0 Å². The minimum Gasteiger partial charge on any atom is -0.327 e. The van der Waals surface area contributed by atoms with Gasteiger partial charge in [-0.05, 0) is 43.4 Å². The van der Waals surface area contributed by atoms with Crippen molar-refractivity contribution in [2.45, 2.75) is 38.6 Å². The van der Waals surface area contributed by atoms with Crippen molar-refractivity contribution in [3.05, 3.63) is 28.8 Å². The van der Waals surface area contributed by atoms with Crippen molar-refractivity contribution >= 4 is 35.6 Å². The van der Waals surface area contributed by atoms with Crippen molar-refractivity contribution in [1.82, 2.24) is 0 Å². The van der Waals surface area contributed by atoms with Crippen LogP contribution in [0.2, 0.25) is 5.02 Å². The van der Waals surface area contributed by atoms with E-state index in [-0.39, 0.29) is 24.4 Å². The molecule has 112 valence electrons. The second-order valence-electron chi connectivity index (χ2n) is 5.45. The molecular weight excluding hydrogens is 295 g/mol. The summed E-state index contributed by atoms with van der Waals surface area (Å²) in [5.41, 5.74) is 7.88. The zero-order valence-corrected chi connectivity index (χ0v) is 13.5. The van der Waals surface area contributed by atoms with Crippen LogP contribution in [0.4, 0.5) is 5.69 Å². The average molecular weight is 317 g/mol. The second kappa shape index (κ2) is 7.30.